The van der Waals surface area contributed by atoms with Gasteiger partial charge in [-0.1, -0.05) is 72.3 Å². The summed E-state index contributed by atoms with van der Waals surface area (Å²) in [5, 5.41) is 3.46. The van der Waals surface area contributed by atoms with Crippen molar-refractivity contribution in [2.24, 2.45) is 0 Å². The van der Waals surface area contributed by atoms with Gasteiger partial charge in [0, 0.05) is 25.7 Å². The van der Waals surface area contributed by atoms with E-state index >= 15 is 0 Å². The van der Waals surface area contributed by atoms with Crippen LogP contribution in [0.2, 0.25) is 5.15 Å². The van der Waals surface area contributed by atoms with E-state index in [0.29, 0.717) is 11.1 Å². The van der Waals surface area contributed by atoms with Crippen molar-refractivity contribution in [2.45, 2.75) is 20.0 Å². The summed E-state index contributed by atoms with van der Waals surface area (Å²) in [5.74, 6) is 1.37. The quantitative estimate of drug-likeness (QED) is 0.653. The van der Waals surface area contributed by atoms with Gasteiger partial charge in [0.05, 0.1) is 0 Å². The van der Waals surface area contributed by atoms with Crippen LogP contribution in [0, 0.1) is 6.92 Å². The van der Waals surface area contributed by atoms with Crippen LogP contribution in [0.25, 0.3) is 0 Å². The van der Waals surface area contributed by atoms with Crippen LogP contribution in [0.4, 0.5) is 11.8 Å². The van der Waals surface area contributed by atoms with Gasteiger partial charge in [0.25, 0.3) is 0 Å². The highest BCUT2D eigenvalue weighted by molar-refractivity contribution is 6.30. The molecule has 0 amide bonds. The number of nitrogens with zero attached hydrogens (tertiary/aromatic N) is 3. The van der Waals surface area contributed by atoms with E-state index in [2.05, 4.69) is 68.7 Å². The van der Waals surface area contributed by atoms with Crippen molar-refractivity contribution < 1.29 is 0 Å². The van der Waals surface area contributed by atoms with Crippen molar-refractivity contribution in [3.05, 3.63) is 82.5 Å². The molecule has 0 radical (unpaired) electrons. The average molecular weight is 353 g/mol. The van der Waals surface area contributed by atoms with Gasteiger partial charge in [0.15, 0.2) is 0 Å². The molecule has 0 saturated heterocycles. The van der Waals surface area contributed by atoms with Gasteiger partial charge in [-0.25, -0.2) is 4.98 Å². The molecule has 25 heavy (non-hydrogen) atoms. The Balaban J connectivity index is 2.00. The maximum Gasteiger partial charge on any atom is 0.225 e. The largest absolute Gasteiger partial charge is 0.357 e. The zero-order chi connectivity index (χ0) is 17.6. The lowest BCUT2D eigenvalue weighted by Crippen LogP contribution is -2.24. The van der Waals surface area contributed by atoms with Gasteiger partial charge in [0.1, 0.15) is 11.0 Å². The third-order valence-corrected chi connectivity index (χ3v) is 4.38. The van der Waals surface area contributed by atoms with E-state index in [9.17, 15) is 0 Å². The number of rotatable bonds is 6. The third kappa shape index (κ3) is 4.28. The second kappa shape index (κ2) is 7.99. The fraction of sp³-hybridized carbons (Fsp3) is 0.200. The molecule has 1 aromatic heterocycles. The summed E-state index contributed by atoms with van der Waals surface area (Å²) in [6.45, 7) is 3.44. The molecule has 0 unspecified atom stereocenters. The number of aromatic nitrogens is 2. The van der Waals surface area contributed by atoms with Gasteiger partial charge in [-0.15, -0.1) is 0 Å². The molecule has 0 aliphatic heterocycles. The molecule has 1 heterocycles. The Bertz CT molecular complexity index is 780. The molecule has 128 valence electrons. The molecule has 0 fully saturated rings. The zero-order valence-corrected chi connectivity index (χ0v) is 15.2. The second-order valence-electron chi connectivity index (χ2n) is 5.86. The number of nitrogens with one attached hydrogen (secondary N) is 1. The van der Waals surface area contributed by atoms with Crippen molar-refractivity contribution in [2.75, 3.05) is 17.3 Å². The van der Waals surface area contributed by atoms with Crippen molar-refractivity contribution >= 4 is 23.4 Å². The highest BCUT2D eigenvalue weighted by Crippen LogP contribution is 2.27. The number of hydrogen-bond donors (Lipinski definition) is 1. The van der Waals surface area contributed by atoms with Gasteiger partial charge in [-0.2, -0.15) is 4.98 Å². The van der Waals surface area contributed by atoms with Crippen molar-refractivity contribution in [3.63, 3.8) is 0 Å². The summed E-state index contributed by atoms with van der Waals surface area (Å²) in [6.07, 6.45) is 0. The minimum atomic E-state index is 0.473. The number of hydrogen-bond acceptors (Lipinski definition) is 4. The summed E-state index contributed by atoms with van der Waals surface area (Å²) in [6, 6.07) is 20.7. The van der Waals surface area contributed by atoms with Crippen LogP contribution in [-0.2, 0) is 13.1 Å². The fourth-order valence-electron chi connectivity index (χ4n) is 2.71. The van der Waals surface area contributed by atoms with Gasteiger partial charge >= 0.3 is 0 Å². The van der Waals surface area contributed by atoms with Crippen LogP contribution in [0.1, 0.15) is 16.7 Å². The molecule has 0 aliphatic rings. The Morgan fingerprint density at radius 3 is 1.88 bits per heavy atom. The second-order valence-corrected chi connectivity index (χ2v) is 6.22. The van der Waals surface area contributed by atoms with E-state index in [0.717, 1.165) is 24.5 Å². The van der Waals surface area contributed by atoms with Gasteiger partial charge in [-0.05, 0) is 18.1 Å². The lowest BCUT2D eigenvalue weighted by molar-refractivity contribution is 0.776. The van der Waals surface area contributed by atoms with Crippen LogP contribution in [-0.4, -0.2) is 17.0 Å². The molecule has 0 spiro atoms. The van der Waals surface area contributed by atoms with E-state index in [1.165, 1.54) is 11.1 Å². The lowest BCUT2D eigenvalue weighted by Gasteiger charge is -2.26. The Labute approximate surface area is 153 Å². The Kier molecular flexibility index (Phi) is 5.51. The highest BCUT2D eigenvalue weighted by atomic mass is 35.5. The molecule has 3 rings (SSSR count). The predicted molar refractivity (Wildman–Crippen MR) is 104 cm³/mol. The summed E-state index contributed by atoms with van der Waals surface area (Å²) in [7, 11) is 1.80. The zero-order valence-electron chi connectivity index (χ0n) is 14.4. The number of benzene rings is 2. The van der Waals surface area contributed by atoms with Gasteiger partial charge in [0.2, 0.25) is 5.95 Å². The van der Waals surface area contributed by atoms with Crippen molar-refractivity contribution in [1.82, 2.24) is 9.97 Å². The maximum atomic E-state index is 6.33. The minimum Gasteiger partial charge on any atom is -0.357 e. The molecule has 5 heteroatoms. The first-order valence-corrected chi connectivity index (χ1v) is 8.60. The first-order chi connectivity index (χ1) is 12.2. The van der Waals surface area contributed by atoms with Crippen LogP contribution >= 0.6 is 11.6 Å². The molecular formula is C20H21ClN4. The van der Waals surface area contributed by atoms with Crippen molar-refractivity contribution in [3.8, 4) is 0 Å². The van der Waals surface area contributed by atoms with Crippen LogP contribution < -0.4 is 10.2 Å². The van der Waals surface area contributed by atoms with Gasteiger partial charge < -0.3 is 10.2 Å². The summed E-state index contributed by atoms with van der Waals surface area (Å²) < 4.78 is 0. The standard InChI is InChI=1S/C20H21ClN4/c1-15-18(21)23-20(22-2)24-19(15)25(13-16-9-5-3-6-10-16)14-17-11-7-4-8-12-17/h3-12H,13-14H2,1-2H3,(H,22,23,24). The average Bonchev–Trinajstić information content (AvgIpc) is 2.65. The first kappa shape index (κ1) is 17.2. The summed E-state index contributed by atoms with van der Waals surface area (Å²) >= 11 is 6.33. The lowest BCUT2D eigenvalue weighted by atomic mass is 10.1. The van der Waals surface area contributed by atoms with E-state index in [1.54, 1.807) is 7.05 Å². The van der Waals surface area contributed by atoms with E-state index in [1.807, 2.05) is 19.1 Å². The Morgan fingerprint density at radius 1 is 0.880 bits per heavy atom. The van der Waals surface area contributed by atoms with Crippen LogP contribution in [0.3, 0.4) is 0 Å². The molecule has 1 N–H and O–H groups in total. The normalized spacial score (nSPS) is 10.5. The Hall–Kier alpha value is -2.59. The topological polar surface area (TPSA) is 41.1 Å². The van der Waals surface area contributed by atoms with E-state index < -0.39 is 0 Å². The molecule has 0 atom stereocenters. The van der Waals surface area contributed by atoms with Crippen LogP contribution in [0.5, 0.6) is 0 Å². The van der Waals surface area contributed by atoms with E-state index in [-0.39, 0.29) is 0 Å². The molecule has 3 aromatic rings. The molecular weight excluding hydrogens is 332 g/mol. The van der Waals surface area contributed by atoms with Crippen LogP contribution in [0.15, 0.2) is 60.7 Å². The molecule has 4 nitrogen and oxygen atoms in total. The SMILES string of the molecule is CNc1nc(Cl)c(C)c(N(Cc2ccccc2)Cc2ccccc2)n1. The Morgan fingerprint density at radius 2 is 1.40 bits per heavy atom. The number of halogens is 1. The minimum absolute atomic E-state index is 0.473. The summed E-state index contributed by atoms with van der Waals surface area (Å²) in [5.41, 5.74) is 3.32. The first-order valence-electron chi connectivity index (χ1n) is 8.22. The van der Waals surface area contributed by atoms with Crippen molar-refractivity contribution in [1.29, 1.82) is 0 Å². The summed E-state index contributed by atoms with van der Waals surface area (Å²) in [4.78, 5) is 11.2. The van der Waals surface area contributed by atoms with E-state index in [4.69, 9.17) is 11.6 Å². The predicted octanol–water partition coefficient (Wildman–Crippen LogP) is 4.69. The fourth-order valence-corrected chi connectivity index (χ4v) is 2.88. The monoisotopic (exact) mass is 352 g/mol. The third-order valence-electron chi connectivity index (χ3n) is 4.02. The molecule has 0 aliphatic carbocycles. The van der Waals surface area contributed by atoms with Gasteiger partial charge in [-0.3, -0.25) is 0 Å². The maximum absolute atomic E-state index is 6.33. The molecule has 2 aromatic carbocycles. The highest BCUT2D eigenvalue weighted by Gasteiger charge is 2.16. The smallest absolute Gasteiger partial charge is 0.225 e. The number of anilines is 2. The molecule has 0 bridgehead atoms. The molecule has 0 saturated carbocycles.